The summed E-state index contributed by atoms with van der Waals surface area (Å²) in [4.78, 5) is 2.51. The fourth-order valence-electron chi connectivity index (χ4n) is 5.26. The van der Waals surface area contributed by atoms with Crippen LogP contribution in [0.2, 0.25) is 0 Å². The zero-order valence-corrected chi connectivity index (χ0v) is 18.7. The van der Waals surface area contributed by atoms with Crippen LogP contribution in [-0.2, 0) is 6.54 Å². The van der Waals surface area contributed by atoms with Crippen LogP contribution in [0, 0.1) is 0 Å². The van der Waals surface area contributed by atoms with E-state index in [4.69, 9.17) is 0 Å². The number of aromatic nitrogens is 1. The monoisotopic (exact) mass is 406 g/mol. The number of fused-ring (bicyclic) bond motifs is 6. The molecule has 1 atom stereocenters. The molecule has 0 bridgehead atoms. The van der Waals surface area contributed by atoms with E-state index >= 15 is 0 Å². The first kappa shape index (κ1) is 19.7. The zero-order chi connectivity index (χ0) is 21.4. The number of para-hydroxylation sites is 2. The lowest BCUT2D eigenvalue weighted by atomic mass is 9.91. The predicted octanol–water partition coefficient (Wildman–Crippen LogP) is 5.98. The average molecular weight is 407 g/mol. The van der Waals surface area contributed by atoms with Gasteiger partial charge in [0.05, 0.1) is 11.0 Å². The maximum atomic E-state index is 2.51. The highest BCUT2D eigenvalue weighted by Crippen LogP contribution is 2.48. The molecule has 0 saturated carbocycles. The van der Waals surface area contributed by atoms with Crippen molar-refractivity contribution in [1.29, 1.82) is 0 Å². The average Bonchev–Trinajstić information content (AvgIpc) is 3.31. The number of hydrogen-bond acceptors (Lipinski definition) is 1. The Morgan fingerprint density at radius 3 is 2.71 bits per heavy atom. The van der Waals surface area contributed by atoms with Crippen molar-refractivity contribution in [3.05, 3.63) is 101 Å². The van der Waals surface area contributed by atoms with Crippen LogP contribution < -0.4 is 15.5 Å². The smallest absolute Gasteiger partial charge is 0.0696 e. The van der Waals surface area contributed by atoms with Gasteiger partial charge in [-0.3, -0.25) is 0 Å². The number of hydrogen-bond donors (Lipinski definition) is 0. The first-order valence-electron chi connectivity index (χ1n) is 11.4. The van der Waals surface area contributed by atoms with Crippen LogP contribution in [-0.4, -0.2) is 4.57 Å². The van der Waals surface area contributed by atoms with E-state index in [-0.39, 0.29) is 0 Å². The third-order valence-electron chi connectivity index (χ3n) is 6.58. The minimum absolute atomic E-state index is 0.411. The lowest BCUT2D eigenvalue weighted by molar-refractivity contribution is 0.751. The fourth-order valence-corrected chi connectivity index (χ4v) is 5.26. The van der Waals surface area contributed by atoms with E-state index in [1.807, 2.05) is 0 Å². The molecule has 2 heterocycles. The Bertz CT molecular complexity index is 1350. The van der Waals surface area contributed by atoms with Gasteiger partial charge in [0.25, 0.3) is 0 Å². The molecule has 0 saturated heterocycles. The number of benzene rings is 2. The molecule has 31 heavy (non-hydrogen) atoms. The Morgan fingerprint density at radius 2 is 1.87 bits per heavy atom. The summed E-state index contributed by atoms with van der Waals surface area (Å²) < 4.78 is 2.51. The molecular weight excluding hydrogens is 376 g/mol. The molecule has 1 unspecified atom stereocenters. The van der Waals surface area contributed by atoms with Gasteiger partial charge in [-0.25, -0.2) is 0 Å². The van der Waals surface area contributed by atoms with Gasteiger partial charge in [0.2, 0.25) is 0 Å². The van der Waals surface area contributed by atoms with Crippen LogP contribution in [0.5, 0.6) is 0 Å². The Balaban J connectivity index is 1.78. The molecule has 2 nitrogen and oxygen atoms in total. The number of allylic oxidation sites excluding steroid dienone is 6. The summed E-state index contributed by atoms with van der Waals surface area (Å²) in [6.45, 7) is 7.53. The number of aryl methyl sites for hydroxylation is 1. The van der Waals surface area contributed by atoms with Gasteiger partial charge in [0, 0.05) is 40.0 Å². The van der Waals surface area contributed by atoms with Crippen molar-refractivity contribution in [2.75, 3.05) is 4.90 Å². The van der Waals surface area contributed by atoms with Crippen LogP contribution in [0.4, 0.5) is 5.69 Å². The molecule has 5 rings (SSSR count). The molecule has 0 amide bonds. The maximum absolute atomic E-state index is 2.51. The molecule has 2 aromatic carbocycles. The van der Waals surface area contributed by atoms with Gasteiger partial charge >= 0.3 is 0 Å². The van der Waals surface area contributed by atoms with Crippen molar-refractivity contribution in [3.8, 4) is 0 Å². The van der Waals surface area contributed by atoms with Crippen molar-refractivity contribution >= 4 is 28.4 Å². The van der Waals surface area contributed by atoms with Crippen molar-refractivity contribution in [1.82, 2.24) is 4.57 Å². The summed E-state index contributed by atoms with van der Waals surface area (Å²) in [6, 6.07) is 17.8. The molecule has 2 aliphatic rings. The van der Waals surface area contributed by atoms with Crippen molar-refractivity contribution in [3.63, 3.8) is 0 Å². The summed E-state index contributed by atoms with van der Waals surface area (Å²) in [5.41, 5.74) is 6.81. The van der Waals surface area contributed by atoms with E-state index in [1.54, 1.807) is 0 Å². The molecule has 0 radical (unpaired) electrons. The SMILES string of the molecule is C/C=C\C/C=C\C=C(/C)N1C2=c3c(c4ccccc4n3CC)=CCC2c2ccccc21. The van der Waals surface area contributed by atoms with Crippen molar-refractivity contribution < 1.29 is 0 Å². The molecular formula is C29H30N2. The van der Waals surface area contributed by atoms with Crippen LogP contribution in [0.3, 0.4) is 0 Å². The minimum Gasteiger partial charge on any atom is -0.339 e. The van der Waals surface area contributed by atoms with Crippen LogP contribution in [0.15, 0.2) is 84.6 Å². The van der Waals surface area contributed by atoms with Gasteiger partial charge in [-0.05, 0) is 57.4 Å². The summed E-state index contributed by atoms with van der Waals surface area (Å²) >= 11 is 0. The van der Waals surface area contributed by atoms with Gasteiger partial charge in [-0.15, -0.1) is 0 Å². The second kappa shape index (κ2) is 8.11. The first-order valence-corrected chi connectivity index (χ1v) is 11.4. The Labute approximate surface area is 184 Å². The topological polar surface area (TPSA) is 8.17 Å². The maximum Gasteiger partial charge on any atom is 0.0696 e. The number of anilines is 1. The number of nitrogens with zero attached hydrogens (tertiary/aromatic N) is 2. The summed E-state index contributed by atoms with van der Waals surface area (Å²) in [7, 11) is 0. The van der Waals surface area contributed by atoms with Gasteiger partial charge in [-0.1, -0.05) is 66.8 Å². The molecule has 0 fully saturated rings. The Kier molecular flexibility index (Phi) is 5.15. The van der Waals surface area contributed by atoms with E-state index in [0.717, 1.165) is 19.4 Å². The lowest BCUT2D eigenvalue weighted by Crippen LogP contribution is -2.39. The van der Waals surface area contributed by atoms with Crippen molar-refractivity contribution in [2.24, 2.45) is 0 Å². The lowest BCUT2D eigenvalue weighted by Gasteiger charge is -2.25. The normalized spacial score (nSPS) is 18.0. The molecule has 1 aromatic heterocycles. The van der Waals surface area contributed by atoms with Crippen LogP contribution >= 0.6 is 0 Å². The fraction of sp³-hybridized carbons (Fsp3) is 0.241. The second-order valence-corrected chi connectivity index (χ2v) is 8.34. The predicted molar refractivity (Wildman–Crippen MR) is 133 cm³/mol. The molecule has 0 spiro atoms. The molecule has 0 N–H and O–H groups in total. The van der Waals surface area contributed by atoms with E-state index < -0.39 is 0 Å². The van der Waals surface area contributed by atoms with E-state index in [0.29, 0.717) is 5.92 Å². The van der Waals surface area contributed by atoms with Gasteiger partial charge < -0.3 is 9.47 Å². The largest absolute Gasteiger partial charge is 0.339 e. The van der Waals surface area contributed by atoms with Gasteiger partial charge in [-0.2, -0.15) is 0 Å². The molecule has 3 aromatic rings. The summed E-state index contributed by atoms with van der Waals surface area (Å²) in [5, 5.41) is 4.16. The Morgan fingerprint density at radius 1 is 1.06 bits per heavy atom. The highest BCUT2D eigenvalue weighted by molar-refractivity contribution is 5.91. The van der Waals surface area contributed by atoms with Crippen LogP contribution in [0.1, 0.15) is 45.1 Å². The first-order chi connectivity index (χ1) is 15.3. The summed E-state index contributed by atoms with van der Waals surface area (Å²) in [5.74, 6) is 0.411. The highest BCUT2D eigenvalue weighted by atomic mass is 15.2. The standard InChI is InChI=1S/C29H30N2/c1-4-6-7-8-9-14-21(3)31-27-18-13-11-16-23(27)25-20-19-24-22-15-10-12-17-26(22)30(5-2)28(24)29(25)31/h4,6,8-19,25H,5,7,20H2,1-3H3/b6-4-,9-8-,21-14+. The third-order valence-corrected chi connectivity index (χ3v) is 6.58. The van der Waals surface area contributed by atoms with Gasteiger partial charge in [0.15, 0.2) is 0 Å². The zero-order valence-electron chi connectivity index (χ0n) is 18.7. The second-order valence-electron chi connectivity index (χ2n) is 8.34. The van der Waals surface area contributed by atoms with E-state index in [9.17, 15) is 0 Å². The molecule has 156 valence electrons. The Hall–Kier alpha value is -3.26. The highest BCUT2D eigenvalue weighted by Gasteiger charge is 2.36. The minimum atomic E-state index is 0.411. The third kappa shape index (κ3) is 3.09. The van der Waals surface area contributed by atoms with E-state index in [1.165, 1.54) is 44.1 Å². The molecule has 2 heteroatoms. The quantitative estimate of drug-likeness (QED) is 0.374. The number of rotatable bonds is 5. The van der Waals surface area contributed by atoms with Gasteiger partial charge in [0.1, 0.15) is 0 Å². The van der Waals surface area contributed by atoms with Crippen LogP contribution in [0.25, 0.3) is 22.7 Å². The van der Waals surface area contributed by atoms with Crippen molar-refractivity contribution in [2.45, 2.75) is 46.1 Å². The summed E-state index contributed by atoms with van der Waals surface area (Å²) in [6.07, 6.45) is 15.4. The molecule has 1 aliphatic heterocycles. The van der Waals surface area contributed by atoms with E-state index in [2.05, 4.69) is 115 Å². The molecule has 1 aliphatic carbocycles.